The van der Waals surface area contributed by atoms with E-state index in [-0.39, 0.29) is 0 Å². The van der Waals surface area contributed by atoms with Crippen LogP contribution in [0.5, 0.6) is 5.75 Å². The molecule has 0 fully saturated rings. The topological polar surface area (TPSA) is 63.7 Å². The Morgan fingerprint density at radius 3 is 2.86 bits per heavy atom. The van der Waals surface area contributed by atoms with Crippen molar-refractivity contribution < 1.29 is 4.74 Å². The number of nitriles is 1. The first-order chi connectivity index (χ1) is 10.2. The molecule has 2 heterocycles. The Kier molecular flexibility index (Phi) is 3.46. The zero-order chi connectivity index (χ0) is 14.8. The maximum Gasteiger partial charge on any atom is 0.204 e. The van der Waals surface area contributed by atoms with Gasteiger partial charge in [-0.15, -0.1) is 0 Å². The van der Waals surface area contributed by atoms with E-state index < -0.39 is 0 Å². The monoisotopic (exact) mass is 298 g/mol. The van der Waals surface area contributed by atoms with Gasteiger partial charge in [0.25, 0.3) is 0 Å². The number of rotatable bonds is 3. The molecule has 0 saturated carbocycles. The van der Waals surface area contributed by atoms with Gasteiger partial charge in [-0.05, 0) is 35.9 Å². The molecule has 0 saturated heterocycles. The number of ether oxygens (including phenoxy) is 1. The number of nitrogens with zero attached hydrogens (tertiary/aromatic N) is 4. The summed E-state index contributed by atoms with van der Waals surface area (Å²) in [6, 6.07) is 11.2. The van der Waals surface area contributed by atoms with E-state index in [1.165, 1.54) is 0 Å². The molecule has 0 aliphatic carbocycles. The van der Waals surface area contributed by atoms with Crippen LogP contribution in [0.25, 0.3) is 11.0 Å². The highest BCUT2D eigenvalue weighted by molar-refractivity contribution is 6.29. The van der Waals surface area contributed by atoms with Crippen molar-refractivity contribution in [1.29, 1.82) is 5.26 Å². The van der Waals surface area contributed by atoms with E-state index in [1.54, 1.807) is 25.4 Å². The van der Waals surface area contributed by atoms with Gasteiger partial charge in [-0.1, -0.05) is 0 Å². The van der Waals surface area contributed by atoms with E-state index in [9.17, 15) is 0 Å². The molecule has 0 aliphatic rings. The summed E-state index contributed by atoms with van der Waals surface area (Å²) in [4.78, 5) is 8.57. The average Bonchev–Trinajstić information content (AvgIpc) is 2.83. The highest BCUT2D eigenvalue weighted by atomic mass is 35.5. The molecule has 0 amide bonds. The van der Waals surface area contributed by atoms with E-state index in [4.69, 9.17) is 21.6 Å². The fourth-order valence-corrected chi connectivity index (χ4v) is 2.34. The van der Waals surface area contributed by atoms with Crippen LogP contribution in [0.3, 0.4) is 0 Å². The molecule has 0 bridgehead atoms. The maximum absolute atomic E-state index is 8.79. The largest absolute Gasteiger partial charge is 0.497 e. The summed E-state index contributed by atoms with van der Waals surface area (Å²) in [6.45, 7) is 0.480. The molecule has 0 aliphatic heterocycles. The molecule has 0 radical (unpaired) electrons. The van der Waals surface area contributed by atoms with Crippen molar-refractivity contribution in [1.82, 2.24) is 14.5 Å². The van der Waals surface area contributed by atoms with Crippen molar-refractivity contribution in [3.8, 4) is 11.8 Å². The summed E-state index contributed by atoms with van der Waals surface area (Å²) in [6.07, 6.45) is 1.54. The van der Waals surface area contributed by atoms with Crippen molar-refractivity contribution in [2.24, 2.45) is 0 Å². The van der Waals surface area contributed by atoms with Gasteiger partial charge in [0.2, 0.25) is 5.28 Å². The van der Waals surface area contributed by atoms with Crippen LogP contribution in [0.4, 0.5) is 0 Å². The molecule has 0 spiro atoms. The summed E-state index contributed by atoms with van der Waals surface area (Å²) in [5.41, 5.74) is 3.01. The van der Waals surface area contributed by atoms with Crippen LogP contribution < -0.4 is 4.74 Å². The normalized spacial score (nSPS) is 10.5. The predicted octanol–water partition coefficient (Wildman–Crippen LogP) is 3.01. The Labute approximate surface area is 126 Å². The fourth-order valence-electron chi connectivity index (χ4n) is 2.10. The fraction of sp³-hybridized carbons (Fsp3) is 0.133. The molecule has 0 N–H and O–H groups in total. The molecule has 0 atom stereocenters. The highest BCUT2D eigenvalue weighted by Gasteiger charge is 2.11. The molecule has 3 rings (SSSR count). The van der Waals surface area contributed by atoms with Crippen molar-refractivity contribution >= 4 is 22.6 Å². The number of aromatic nitrogens is 3. The number of fused-ring (bicyclic) bond motifs is 1. The standard InChI is InChI=1S/C15H11ClN4O/c1-21-12-4-5-13-14(6-12)20(15(16)19-13)9-11-3-2-10(7-17)8-18-11/h2-6,8H,9H2,1H3. The van der Waals surface area contributed by atoms with Gasteiger partial charge in [0.15, 0.2) is 0 Å². The molecule has 1 aromatic carbocycles. The van der Waals surface area contributed by atoms with Gasteiger partial charge in [-0.3, -0.25) is 4.98 Å². The van der Waals surface area contributed by atoms with Crippen molar-refractivity contribution in [2.45, 2.75) is 6.54 Å². The van der Waals surface area contributed by atoms with E-state index >= 15 is 0 Å². The molecule has 0 unspecified atom stereocenters. The van der Waals surface area contributed by atoms with Crippen LogP contribution in [-0.2, 0) is 6.54 Å². The Balaban J connectivity index is 2.02. The quantitative estimate of drug-likeness (QED) is 0.745. The van der Waals surface area contributed by atoms with Crippen molar-refractivity contribution in [3.05, 3.63) is 53.1 Å². The molecule has 3 aromatic rings. The van der Waals surface area contributed by atoms with Crippen LogP contribution in [-0.4, -0.2) is 21.6 Å². The summed E-state index contributed by atoms with van der Waals surface area (Å²) >= 11 is 6.20. The number of halogens is 1. The van der Waals surface area contributed by atoms with E-state index in [0.717, 1.165) is 22.5 Å². The SMILES string of the molecule is COc1ccc2nc(Cl)n(Cc3ccc(C#N)cn3)c2c1. The third-order valence-electron chi connectivity index (χ3n) is 3.18. The second-order valence-corrected chi connectivity index (χ2v) is 4.81. The second kappa shape index (κ2) is 5.43. The van der Waals surface area contributed by atoms with Gasteiger partial charge in [-0.25, -0.2) is 4.98 Å². The van der Waals surface area contributed by atoms with Crippen LogP contribution in [0.2, 0.25) is 5.28 Å². The number of benzene rings is 1. The third kappa shape index (κ3) is 2.54. The second-order valence-electron chi connectivity index (χ2n) is 4.47. The minimum atomic E-state index is 0.393. The van der Waals surface area contributed by atoms with Crippen LogP contribution >= 0.6 is 11.6 Å². The van der Waals surface area contributed by atoms with Crippen LogP contribution in [0.1, 0.15) is 11.3 Å². The summed E-state index contributed by atoms with van der Waals surface area (Å²) < 4.78 is 7.09. The van der Waals surface area contributed by atoms with Gasteiger partial charge in [-0.2, -0.15) is 5.26 Å². The van der Waals surface area contributed by atoms with Crippen LogP contribution in [0, 0.1) is 11.3 Å². The van der Waals surface area contributed by atoms with E-state index in [2.05, 4.69) is 9.97 Å². The Morgan fingerprint density at radius 2 is 2.19 bits per heavy atom. The minimum absolute atomic E-state index is 0.393. The Morgan fingerprint density at radius 1 is 1.33 bits per heavy atom. The molecule has 21 heavy (non-hydrogen) atoms. The average molecular weight is 299 g/mol. The van der Waals surface area contributed by atoms with Gasteiger partial charge in [0, 0.05) is 12.3 Å². The number of pyridine rings is 1. The number of methoxy groups -OCH3 is 1. The molecular formula is C15H11ClN4O. The lowest BCUT2D eigenvalue weighted by molar-refractivity contribution is 0.415. The lowest BCUT2D eigenvalue weighted by Crippen LogP contribution is -2.02. The smallest absolute Gasteiger partial charge is 0.204 e. The molecule has 2 aromatic heterocycles. The third-order valence-corrected chi connectivity index (χ3v) is 3.47. The lowest BCUT2D eigenvalue weighted by atomic mass is 10.2. The molecule has 104 valence electrons. The first-order valence-electron chi connectivity index (χ1n) is 6.26. The van der Waals surface area contributed by atoms with Gasteiger partial charge < -0.3 is 9.30 Å². The Hall–Kier alpha value is -2.58. The first-order valence-corrected chi connectivity index (χ1v) is 6.64. The van der Waals surface area contributed by atoms with Gasteiger partial charge in [0.05, 0.1) is 35.9 Å². The van der Waals surface area contributed by atoms with Crippen molar-refractivity contribution in [3.63, 3.8) is 0 Å². The molecule has 6 heteroatoms. The number of imidazole rings is 1. The minimum Gasteiger partial charge on any atom is -0.497 e. The predicted molar refractivity (Wildman–Crippen MR) is 79.3 cm³/mol. The maximum atomic E-state index is 8.79. The first kappa shape index (κ1) is 13.4. The van der Waals surface area contributed by atoms with E-state index in [1.807, 2.05) is 28.8 Å². The molecular weight excluding hydrogens is 288 g/mol. The number of hydrogen-bond donors (Lipinski definition) is 0. The zero-order valence-electron chi connectivity index (χ0n) is 11.2. The Bertz CT molecular complexity index is 833. The summed E-state index contributed by atoms with van der Waals surface area (Å²) in [5.74, 6) is 0.744. The van der Waals surface area contributed by atoms with Gasteiger partial charge in [0.1, 0.15) is 11.8 Å². The van der Waals surface area contributed by atoms with Crippen LogP contribution in [0.15, 0.2) is 36.5 Å². The highest BCUT2D eigenvalue weighted by Crippen LogP contribution is 2.25. The zero-order valence-corrected chi connectivity index (χ0v) is 12.0. The summed E-state index contributed by atoms with van der Waals surface area (Å²) in [7, 11) is 1.62. The molecule has 5 nitrogen and oxygen atoms in total. The van der Waals surface area contributed by atoms with Gasteiger partial charge >= 0.3 is 0 Å². The van der Waals surface area contributed by atoms with E-state index in [0.29, 0.717) is 17.4 Å². The summed E-state index contributed by atoms with van der Waals surface area (Å²) in [5, 5.41) is 9.18. The number of hydrogen-bond acceptors (Lipinski definition) is 4. The van der Waals surface area contributed by atoms with Crippen molar-refractivity contribution in [2.75, 3.05) is 7.11 Å². The lowest BCUT2D eigenvalue weighted by Gasteiger charge is -2.06.